The van der Waals surface area contributed by atoms with Crippen LogP contribution in [0.2, 0.25) is 0 Å². The minimum atomic E-state index is -0.703. The van der Waals surface area contributed by atoms with Gasteiger partial charge in [0.15, 0.2) is 0 Å². The van der Waals surface area contributed by atoms with E-state index in [1.807, 2.05) is 0 Å². The number of carboxylic acids is 1. The maximum Gasteiger partial charge on any atom is 0.303 e. The maximum atomic E-state index is 10.3. The number of aliphatic carboxylic acids is 1. The van der Waals surface area contributed by atoms with Gasteiger partial charge in [0.2, 0.25) is 0 Å². The van der Waals surface area contributed by atoms with Crippen LogP contribution in [0.25, 0.3) is 0 Å². The van der Waals surface area contributed by atoms with Gasteiger partial charge in [-0.2, -0.15) is 0 Å². The Balaban J connectivity index is 3.62. The molecule has 0 fully saturated rings. The zero-order valence-corrected chi connectivity index (χ0v) is 13.5. The third kappa shape index (κ3) is 16.4. The zero-order valence-electron chi connectivity index (χ0n) is 13.5. The lowest BCUT2D eigenvalue weighted by molar-refractivity contribution is -0.137. The number of allylic oxidation sites excluding steroid dienone is 8. The Morgan fingerprint density at radius 3 is 2.52 bits per heavy atom. The van der Waals surface area contributed by atoms with Crippen molar-refractivity contribution in [2.24, 2.45) is 5.92 Å². The fourth-order valence-corrected chi connectivity index (χ4v) is 1.79. The Morgan fingerprint density at radius 1 is 1.05 bits per heavy atom. The van der Waals surface area contributed by atoms with Crippen LogP contribution in [0.4, 0.5) is 0 Å². The second-order valence-corrected chi connectivity index (χ2v) is 5.25. The number of carboxylic acid groups (broad SMARTS) is 1. The largest absolute Gasteiger partial charge is 0.481 e. The second-order valence-electron chi connectivity index (χ2n) is 5.25. The highest BCUT2D eigenvalue weighted by atomic mass is 16.4. The van der Waals surface area contributed by atoms with E-state index in [9.17, 15) is 4.79 Å². The van der Waals surface area contributed by atoms with Gasteiger partial charge >= 0.3 is 5.97 Å². The van der Waals surface area contributed by atoms with Crippen molar-refractivity contribution >= 4 is 5.97 Å². The van der Waals surface area contributed by atoms with Gasteiger partial charge in [0, 0.05) is 6.42 Å². The second kappa shape index (κ2) is 14.8. The van der Waals surface area contributed by atoms with E-state index in [1.165, 1.54) is 0 Å². The number of unbranched alkanes of at least 4 members (excludes halogenated alkanes) is 2. The van der Waals surface area contributed by atoms with Crippen molar-refractivity contribution in [3.05, 3.63) is 48.6 Å². The number of rotatable bonds is 12. The molecule has 21 heavy (non-hydrogen) atoms. The number of hydrogen-bond acceptors (Lipinski definition) is 1. The molecule has 0 amide bonds. The van der Waals surface area contributed by atoms with Crippen LogP contribution in [-0.2, 0) is 4.79 Å². The maximum absolute atomic E-state index is 10.3. The van der Waals surface area contributed by atoms with Crippen LogP contribution in [0.5, 0.6) is 0 Å². The van der Waals surface area contributed by atoms with Crippen molar-refractivity contribution in [1.82, 2.24) is 0 Å². The average Bonchev–Trinajstić information content (AvgIpc) is 2.45. The molecule has 0 spiro atoms. The van der Waals surface area contributed by atoms with Gasteiger partial charge in [-0.05, 0) is 44.4 Å². The lowest BCUT2D eigenvalue weighted by Gasteiger charge is -1.99. The van der Waals surface area contributed by atoms with Crippen LogP contribution in [0, 0.1) is 5.92 Å². The normalized spacial score (nSPS) is 14.0. The van der Waals surface area contributed by atoms with Crippen molar-refractivity contribution in [3.63, 3.8) is 0 Å². The van der Waals surface area contributed by atoms with Crippen molar-refractivity contribution < 1.29 is 9.90 Å². The summed E-state index contributed by atoms with van der Waals surface area (Å²) in [6.07, 6.45) is 23.5. The van der Waals surface area contributed by atoms with Gasteiger partial charge in [-0.1, -0.05) is 62.5 Å². The van der Waals surface area contributed by atoms with Crippen molar-refractivity contribution in [3.8, 4) is 0 Å². The predicted octanol–water partition coefficient (Wildman–Crippen LogP) is 5.68. The quantitative estimate of drug-likeness (QED) is 0.285. The van der Waals surface area contributed by atoms with E-state index in [-0.39, 0.29) is 6.42 Å². The molecule has 118 valence electrons. The van der Waals surface area contributed by atoms with E-state index >= 15 is 0 Å². The smallest absolute Gasteiger partial charge is 0.303 e. The molecule has 0 aromatic rings. The van der Waals surface area contributed by atoms with Gasteiger partial charge in [-0.15, -0.1) is 0 Å². The fraction of sp³-hybridized carbons (Fsp3) is 0.526. The monoisotopic (exact) mass is 290 g/mol. The Hall–Kier alpha value is -1.57. The van der Waals surface area contributed by atoms with E-state index in [0.29, 0.717) is 5.92 Å². The molecule has 0 aromatic heterocycles. The Morgan fingerprint density at radius 2 is 1.81 bits per heavy atom. The van der Waals surface area contributed by atoms with Crippen LogP contribution in [0.3, 0.4) is 0 Å². The molecule has 0 rings (SSSR count). The molecule has 2 heteroatoms. The Bertz CT molecular complexity index is 362. The summed E-state index contributed by atoms with van der Waals surface area (Å²) in [5, 5.41) is 8.51. The van der Waals surface area contributed by atoms with E-state index in [1.54, 1.807) is 0 Å². The Labute approximate surface area is 130 Å². The summed E-state index contributed by atoms with van der Waals surface area (Å²) in [4.78, 5) is 10.3. The lowest BCUT2D eigenvalue weighted by atomic mass is 10.1. The first-order chi connectivity index (χ1) is 10.2. The first-order valence-corrected chi connectivity index (χ1v) is 8.02. The minimum absolute atomic E-state index is 0.278. The SMILES string of the molecule is CC/C=C\C/C=C\CC(C)/C=C\C=C/CCCCC(=O)O. The third-order valence-corrected chi connectivity index (χ3v) is 3.05. The first kappa shape index (κ1) is 19.4. The summed E-state index contributed by atoms with van der Waals surface area (Å²) < 4.78 is 0. The standard InChI is InChI=1S/C19H30O2/c1-3-4-5-6-9-12-15-18(2)16-13-10-7-8-11-14-17-19(20)21/h4-5,7,9-10,12-13,16,18H,3,6,8,11,14-15,17H2,1-2H3,(H,20,21)/b5-4-,10-7-,12-9-,16-13-. The molecule has 1 atom stereocenters. The van der Waals surface area contributed by atoms with Gasteiger partial charge in [-0.3, -0.25) is 4.79 Å². The van der Waals surface area contributed by atoms with Crippen molar-refractivity contribution in [1.29, 1.82) is 0 Å². The molecule has 2 nitrogen and oxygen atoms in total. The van der Waals surface area contributed by atoms with Gasteiger partial charge < -0.3 is 5.11 Å². The van der Waals surface area contributed by atoms with E-state index in [4.69, 9.17) is 5.11 Å². The molecular formula is C19H30O2. The molecule has 0 saturated heterocycles. The Kier molecular flexibility index (Phi) is 13.7. The van der Waals surface area contributed by atoms with Crippen LogP contribution in [-0.4, -0.2) is 11.1 Å². The zero-order chi connectivity index (χ0) is 15.8. The highest BCUT2D eigenvalue weighted by molar-refractivity contribution is 5.66. The summed E-state index contributed by atoms with van der Waals surface area (Å²) in [6, 6.07) is 0. The lowest BCUT2D eigenvalue weighted by Crippen LogP contribution is -1.92. The molecule has 0 bridgehead atoms. The molecule has 1 N–H and O–H groups in total. The van der Waals surface area contributed by atoms with Crippen LogP contribution < -0.4 is 0 Å². The molecule has 0 saturated carbocycles. The topological polar surface area (TPSA) is 37.3 Å². The van der Waals surface area contributed by atoms with Crippen molar-refractivity contribution in [2.75, 3.05) is 0 Å². The van der Waals surface area contributed by atoms with E-state index in [0.717, 1.165) is 38.5 Å². The highest BCUT2D eigenvalue weighted by Gasteiger charge is 1.94. The summed E-state index contributed by atoms with van der Waals surface area (Å²) in [5.41, 5.74) is 0. The van der Waals surface area contributed by atoms with Crippen LogP contribution in [0.15, 0.2) is 48.6 Å². The van der Waals surface area contributed by atoms with Crippen molar-refractivity contribution in [2.45, 2.75) is 58.8 Å². The summed E-state index contributed by atoms with van der Waals surface area (Å²) in [7, 11) is 0. The first-order valence-electron chi connectivity index (χ1n) is 8.02. The van der Waals surface area contributed by atoms with Crippen LogP contribution >= 0.6 is 0 Å². The predicted molar refractivity (Wildman–Crippen MR) is 91.4 cm³/mol. The molecule has 0 heterocycles. The van der Waals surface area contributed by atoms with E-state index in [2.05, 4.69) is 62.5 Å². The summed E-state index contributed by atoms with van der Waals surface area (Å²) >= 11 is 0. The number of carbonyl (C=O) groups is 1. The van der Waals surface area contributed by atoms with Crippen LogP contribution in [0.1, 0.15) is 58.8 Å². The number of hydrogen-bond donors (Lipinski definition) is 1. The summed E-state index contributed by atoms with van der Waals surface area (Å²) in [6.45, 7) is 4.36. The van der Waals surface area contributed by atoms with Gasteiger partial charge in [0.1, 0.15) is 0 Å². The fourth-order valence-electron chi connectivity index (χ4n) is 1.79. The van der Waals surface area contributed by atoms with Gasteiger partial charge in [0.05, 0.1) is 0 Å². The molecule has 0 radical (unpaired) electrons. The molecule has 0 aromatic carbocycles. The third-order valence-electron chi connectivity index (χ3n) is 3.05. The van der Waals surface area contributed by atoms with E-state index < -0.39 is 5.97 Å². The molecule has 0 aliphatic heterocycles. The molecular weight excluding hydrogens is 260 g/mol. The molecule has 1 unspecified atom stereocenters. The average molecular weight is 290 g/mol. The van der Waals surface area contributed by atoms with Gasteiger partial charge in [-0.25, -0.2) is 0 Å². The molecule has 0 aliphatic rings. The summed E-state index contributed by atoms with van der Waals surface area (Å²) in [5.74, 6) is -0.154. The minimum Gasteiger partial charge on any atom is -0.481 e. The highest BCUT2D eigenvalue weighted by Crippen LogP contribution is 2.06. The molecule has 0 aliphatic carbocycles. The van der Waals surface area contributed by atoms with Gasteiger partial charge in [0.25, 0.3) is 0 Å².